The summed E-state index contributed by atoms with van der Waals surface area (Å²) in [7, 11) is 0. The van der Waals surface area contributed by atoms with Crippen LogP contribution in [0.4, 0.5) is 0 Å². The fourth-order valence-electron chi connectivity index (χ4n) is 3.45. The zero-order chi connectivity index (χ0) is 13.9. The van der Waals surface area contributed by atoms with E-state index in [-0.39, 0.29) is 5.54 Å². The molecule has 1 fully saturated rings. The van der Waals surface area contributed by atoms with Gasteiger partial charge in [-0.2, -0.15) is 0 Å². The SMILES string of the molecule is CCC(c1cccc(O)c1)(C(C)C)N1CCOCC1. The molecule has 0 radical (unpaired) electrons. The largest absolute Gasteiger partial charge is 0.508 e. The van der Waals surface area contributed by atoms with Gasteiger partial charge >= 0.3 is 0 Å². The van der Waals surface area contributed by atoms with Crippen LogP contribution in [0.25, 0.3) is 0 Å². The lowest BCUT2D eigenvalue weighted by Crippen LogP contribution is -2.54. The predicted octanol–water partition coefficient (Wildman–Crippen LogP) is 2.99. The predicted molar refractivity (Wildman–Crippen MR) is 77.3 cm³/mol. The summed E-state index contributed by atoms with van der Waals surface area (Å²) in [6, 6.07) is 7.74. The van der Waals surface area contributed by atoms with E-state index in [0.29, 0.717) is 11.7 Å². The van der Waals surface area contributed by atoms with E-state index < -0.39 is 0 Å². The fraction of sp³-hybridized carbons (Fsp3) is 0.625. The topological polar surface area (TPSA) is 32.7 Å². The second kappa shape index (κ2) is 5.93. The molecule has 0 saturated carbocycles. The van der Waals surface area contributed by atoms with Crippen molar-refractivity contribution in [1.29, 1.82) is 0 Å². The van der Waals surface area contributed by atoms with Gasteiger partial charge in [-0.1, -0.05) is 32.9 Å². The summed E-state index contributed by atoms with van der Waals surface area (Å²) >= 11 is 0. The molecule has 1 heterocycles. The van der Waals surface area contributed by atoms with E-state index in [1.165, 1.54) is 5.56 Å². The number of aromatic hydroxyl groups is 1. The van der Waals surface area contributed by atoms with Gasteiger partial charge in [0.25, 0.3) is 0 Å². The maximum atomic E-state index is 9.81. The summed E-state index contributed by atoms with van der Waals surface area (Å²) in [6.45, 7) is 10.3. The standard InChI is InChI=1S/C16H25NO2/c1-4-16(13(2)3,17-8-10-19-11-9-17)14-6-5-7-15(18)12-14/h5-7,12-13,18H,4,8-11H2,1-3H3. The first-order valence-corrected chi connectivity index (χ1v) is 7.23. The smallest absolute Gasteiger partial charge is 0.115 e. The van der Waals surface area contributed by atoms with Crippen LogP contribution >= 0.6 is 0 Å². The van der Waals surface area contributed by atoms with Gasteiger partial charge in [0, 0.05) is 18.6 Å². The molecule has 0 aromatic heterocycles. The Bertz CT molecular complexity index is 413. The summed E-state index contributed by atoms with van der Waals surface area (Å²) < 4.78 is 5.49. The van der Waals surface area contributed by atoms with Crippen molar-refractivity contribution in [3.05, 3.63) is 29.8 Å². The summed E-state index contributed by atoms with van der Waals surface area (Å²) in [5.41, 5.74) is 1.20. The maximum Gasteiger partial charge on any atom is 0.115 e. The molecule has 1 aromatic rings. The molecule has 1 N–H and O–H groups in total. The van der Waals surface area contributed by atoms with Gasteiger partial charge < -0.3 is 9.84 Å². The van der Waals surface area contributed by atoms with E-state index in [1.807, 2.05) is 12.1 Å². The third-order valence-electron chi connectivity index (χ3n) is 4.42. The van der Waals surface area contributed by atoms with Crippen LogP contribution in [0.15, 0.2) is 24.3 Å². The first kappa shape index (κ1) is 14.4. The molecule has 1 atom stereocenters. The molecule has 1 saturated heterocycles. The normalized spacial score (nSPS) is 20.4. The van der Waals surface area contributed by atoms with Crippen LogP contribution in [-0.2, 0) is 10.3 Å². The Morgan fingerprint density at radius 3 is 2.53 bits per heavy atom. The number of hydrogen-bond donors (Lipinski definition) is 1. The number of hydrogen-bond acceptors (Lipinski definition) is 3. The van der Waals surface area contributed by atoms with Crippen LogP contribution in [0.2, 0.25) is 0 Å². The quantitative estimate of drug-likeness (QED) is 0.906. The van der Waals surface area contributed by atoms with Gasteiger partial charge in [0.1, 0.15) is 5.75 Å². The van der Waals surface area contributed by atoms with Gasteiger partial charge in [0.15, 0.2) is 0 Å². The highest BCUT2D eigenvalue weighted by molar-refractivity contribution is 5.33. The Balaban J connectivity index is 2.43. The van der Waals surface area contributed by atoms with Crippen molar-refractivity contribution in [2.45, 2.75) is 32.7 Å². The molecule has 1 aliphatic heterocycles. The Morgan fingerprint density at radius 1 is 1.32 bits per heavy atom. The third-order valence-corrected chi connectivity index (χ3v) is 4.42. The number of rotatable bonds is 4. The molecule has 0 bridgehead atoms. The van der Waals surface area contributed by atoms with Crippen LogP contribution in [0.3, 0.4) is 0 Å². The lowest BCUT2D eigenvalue weighted by molar-refractivity contribution is -0.0470. The van der Waals surface area contributed by atoms with Crippen LogP contribution < -0.4 is 0 Å². The van der Waals surface area contributed by atoms with E-state index >= 15 is 0 Å². The van der Waals surface area contributed by atoms with Gasteiger partial charge in [-0.15, -0.1) is 0 Å². The zero-order valence-electron chi connectivity index (χ0n) is 12.2. The number of morpholine rings is 1. The number of ether oxygens (including phenoxy) is 1. The second-order valence-electron chi connectivity index (χ2n) is 5.58. The van der Waals surface area contributed by atoms with Gasteiger partial charge in [-0.05, 0) is 30.0 Å². The summed E-state index contributed by atoms with van der Waals surface area (Å²) in [4.78, 5) is 2.52. The molecule has 0 aliphatic carbocycles. The summed E-state index contributed by atoms with van der Waals surface area (Å²) in [5.74, 6) is 0.835. The molecule has 3 heteroatoms. The molecule has 1 aliphatic rings. The molecule has 106 valence electrons. The van der Waals surface area contributed by atoms with E-state index in [1.54, 1.807) is 6.07 Å². The van der Waals surface area contributed by atoms with Crippen molar-refractivity contribution in [2.24, 2.45) is 5.92 Å². The van der Waals surface area contributed by atoms with Gasteiger partial charge in [0.2, 0.25) is 0 Å². The average Bonchev–Trinajstić information content (AvgIpc) is 2.41. The molecule has 0 spiro atoms. The minimum Gasteiger partial charge on any atom is -0.508 e. The van der Waals surface area contributed by atoms with Gasteiger partial charge in [0.05, 0.1) is 13.2 Å². The Labute approximate surface area is 116 Å². The lowest BCUT2D eigenvalue weighted by Gasteiger charge is -2.48. The Kier molecular flexibility index (Phi) is 4.48. The van der Waals surface area contributed by atoms with E-state index in [0.717, 1.165) is 32.7 Å². The van der Waals surface area contributed by atoms with E-state index in [2.05, 4.69) is 31.7 Å². The van der Waals surface area contributed by atoms with Crippen molar-refractivity contribution in [3.63, 3.8) is 0 Å². The molecule has 1 unspecified atom stereocenters. The number of phenolic OH excluding ortho intramolecular Hbond substituents is 1. The Morgan fingerprint density at radius 2 is 2.00 bits per heavy atom. The van der Waals surface area contributed by atoms with Gasteiger partial charge in [-0.3, -0.25) is 4.90 Å². The zero-order valence-corrected chi connectivity index (χ0v) is 12.2. The van der Waals surface area contributed by atoms with Crippen LogP contribution in [0, 0.1) is 5.92 Å². The van der Waals surface area contributed by atoms with Crippen LogP contribution in [0.5, 0.6) is 5.75 Å². The third kappa shape index (κ3) is 2.63. The van der Waals surface area contributed by atoms with Crippen molar-refractivity contribution in [2.75, 3.05) is 26.3 Å². The maximum absolute atomic E-state index is 9.81. The molecule has 1 aromatic carbocycles. The highest BCUT2D eigenvalue weighted by atomic mass is 16.5. The molecule has 0 amide bonds. The highest BCUT2D eigenvalue weighted by Crippen LogP contribution is 2.40. The van der Waals surface area contributed by atoms with Crippen LogP contribution in [-0.4, -0.2) is 36.3 Å². The molecular formula is C16H25NO2. The van der Waals surface area contributed by atoms with E-state index in [4.69, 9.17) is 4.74 Å². The number of nitrogens with zero attached hydrogens (tertiary/aromatic N) is 1. The summed E-state index contributed by atoms with van der Waals surface area (Å²) in [5, 5.41) is 9.81. The first-order chi connectivity index (χ1) is 9.11. The average molecular weight is 263 g/mol. The number of benzene rings is 1. The van der Waals surface area contributed by atoms with Crippen molar-refractivity contribution in [1.82, 2.24) is 4.90 Å². The lowest BCUT2D eigenvalue weighted by atomic mass is 9.76. The molecule has 2 rings (SSSR count). The highest BCUT2D eigenvalue weighted by Gasteiger charge is 2.40. The Hall–Kier alpha value is -1.06. The van der Waals surface area contributed by atoms with Crippen molar-refractivity contribution >= 4 is 0 Å². The minimum absolute atomic E-state index is 0.0114. The molecule has 3 nitrogen and oxygen atoms in total. The van der Waals surface area contributed by atoms with E-state index in [9.17, 15) is 5.11 Å². The first-order valence-electron chi connectivity index (χ1n) is 7.23. The van der Waals surface area contributed by atoms with Crippen LogP contribution in [0.1, 0.15) is 32.8 Å². The second-order valence-corrected chi connectivity index (χ2v) is 5.58. The summed E-state index contributed by atoms with van der Waals surface area (Å²) in [6.07, 6.45) is 1.04. The molecular weight excluding hydrogens is 238 g/mol. The monoisotopic (exact) mass is 263 g/mol. The fourth-order valence-corrected chi connectivity index (χ4v) is 3.45. The molecule has 19 heavy (non-hydrogen) atoms. The van der Waals surface area contributed by atoms with Crippen molar-refractivity contribution in [3.8, 4) is 5.75 Å². The number of phenols is 1. The van der Waals surface area contributed by atoms with Gasteiger partial charge in [-0.25, -0.2) is 0 Å². The van der Waals surface area contributed by atoms with Crippen molar-refractivity contribution < 1.29 is 9.84 Å². The minimum atomic E-state index is -0.0114.